The maximum atomic E-state index is 12.5. The number of benzene rings is 2. The Bertz CT molecular complexity index is 821. The normalized spacial score (nSPS) is 15.6. The van der Waals surface area contributed by atoms with Crippen LogP contribution in [0.5, 0.6) is 0 Å². The number of carbonyl (C=O) groups is 2. The van der Waals surface area contributed by atoms with Crippen molar-refractivity contribution in [3.63, 3.8) is 0 Å². The van der Waals surface area contributed by atoms with Gasteiger partial charge in [-0.2, -0.15) is 0 Å². The number of hydrogen-bond donors (Lipinski definition) is 1. The van der Waals surface area contributed by atoms with Crippen LogP contribution in [0.15, 0.2) is 54.6 Å². The van der Waals surface area contributed by atoms with E-state index in [1.165, 1.54) is 5.56 Å². The molecule has 6 nitrogen and oxygen atoms in total. The molecule has 2 aromatic carbocycles. The summed E-state index contributed by atoms with van der Waals surface area (Å²) >= 11 is 0. The van der Waals surface area contributed by atoms with Crippen molar-refractivity contribution in [2.45, 2.75) is 32.9 Å². The summed E-state index contributed by atoms with van der Waals surface area (Å²) in [5.74, 6) is -0.392. The second kappa shape index (κ2) is 10.9. The second-order valence-electron chi connectivity index (χ2n) is 7.97. The van der Waals surface area contributed by atoms with E-state index in [0.717, 1.165) is 39.1 Å². The quantitative estimate of drug-likeness (QED) is 0.710. The van der Waals surface area contributed by atoms with E-state index >= 15 is 0 Å². The summed E-state index contributed by atoms with van der Waals surface area (Å²) < 4.78 is 5.18. The van der Waals surface area contributed by atoms with Crippen molar-refractivity contribution < 1.29 is 14.3 Å². The molecule has 0 spiro atoms. The SMILES string of the molecule is CC(C)OC(=O)c1ccc(NC(=O)CN2CCCN(Cc3ccccc3)CC2)cc1. The number of hydrogen-bond acceptors (Lipinski definition) is 5. The number of carbonyl (C=O) groups excluding carboxylic acids is 2. The molecule has 0 radical (unpaired) electrons. The first-order valence-electron chi connectivity index (χ1n) is 10.6. The monoisotopic (exact) mass is 409 g/mol. The van der Waals surface area contributed by atoms with Crippen molar-refractivity contribution in [3.05, 3.63) is 65.7 Å². The van der Waals surface area contributed by atoms with Gasteiger partial charge in [-0.25, -0.2) is 4.79 Å². The topological polar surface area (TPSA) is 61.9 Å². The van der Waals surface area contributed by atoms with E-state index in [2.05, 4.69) is 39.4 Å². The Kier molecular flexibility index (Phi) is 7.99. The Morgan fingerprint density at radius 1 is 0.933 bits per heavy atom. The van der Waals surface area contributed by atoms with Gasteiger partial charge in [-0.15, -0.1) is 0 Å². The second-order valence-corrected chi connectivity index (χ2v) is 7.97. The van der Waals surface area contributed by atoms with Crippen molar-refractivity contribution in [2.75, 3.05) is 38.0 Å². The minimum absolute atomic E-state index is 0.0379. The Hall–Kier alpha value is -2.70. The molecule has 1 aliphatic heterocycles. The van der Waals surface area contributed by atoms with Crippen molar-refractivity contribution in [3.8, 4) is 0 Å². The van der Waals surface area contributed by atoms with Gasteiger partial charge in [-0.3, -0.25) is 14.6 Å². The summed E-state index contributed by atoms with van der Waals surface area (Å²) in [6.07, 6.45) is 0.890. The molecule has 6 heteroatoms. The van der Waals surface area contributed by atoms with E-state index in [9.17, 15) is 9.59 Å². The first kappa shape index (κ1) is 22.0. The van der Waals surface area contributed by atoms with Gasteiger partial charge in [0, 0.05) is 25.3 Å². The highest BCUT2D eigenvalue weighted by molar-refractivity contribution is 5.94. The number of amides is 1. The number of esters is 1. The zero-order valence-corrected chi connectivity index (χ0v) is 17.8. The average molecular weight is 410 g/mol. The van der Waals surface area contributed by atoms with Crippen LogP contribution in [0.3, 0.4) is 0 Å². The molecule has 160 valence electrons. The summed E-state index contributed by atoms with van der Waals surface area (Å²) in [6, 6.07) is 17.3. The first-order valence-corrected chi connectivity index (χ1v) is 10.6. The molecular weight excluding hydrogens is 378 g/mol. The molecule has 3 rings (SSSR count). The number of ether oxygens (including phenoxy) is 1. The summed E-state index contributed by atoms with van der Waals surface area (Å²) in [5.41, 5.74) is 2.48. The standard InChI is InChI=1S/C24H31N3O3/c1-19(2)30-24(29)21-9-11-22(12-10-21)25-23(28)18-27-14-6-13-26(15-16-27)17-20-7-4-3-5-8-20/h3-5,7-12,19H,6,13-18H2,1-2H3,(H,25,28). The fraction of sp³-hybridized carbons (Fsp3) is 0.417. The third-order valence-electron chi connectivity index (χ3n) is 5.04. The lowest BCUT2D eigenvalue weighted by Crippen LogP contribution is -2.36. The number of rotatable bonds is 7. The zero-order chi connectivity index (χ0) is 21.3. The van der Waals surface area contributed by atoms with E-state index in [1.807, 2.05) is 19.9 Å². The van der Waals surface area contributed by atoms with Gasteiger partial charge < -0.3 is 10.1 Å². The molecule has 1 N–H and O–H groups in total. The molecule has 2 aromatic rings. The fourth-order valence-corrected chi connectivity index (χ4v) is 3.56. The van der Waals surface area contributed by atoms with Crippen molar-refractivity contribution in [2.24, 2.45) is 0 Å². The maximum absolute atomic E-state index is 12.5. The van der Waals surface area contributed by atoms with Gasteiger partial charge in [0.2, 0.25) is 5.91 Å². The maximum Gasteiger partial charge on any atom is 0.338 e. The molecule has 1 amide bonds. The molecular formula is C24H31N3O3. The highest BCUT2D eigenvalue weighted by atomic mass is 16.5. The van der Waals surface area contributed by atoms with Crippen LogP contribution in [0.4, 0.5) is 5.69 Å². The van der Waals surface area contributed by atoms with Crippen LogP contribution in [0.25, 0.3) is 0 Å². The predicted octanol–water partition coefficient (Wildman–Crippen LogP) is 3.40. The van der Waals surface area contributed by atoms with Crippen molar-refractivity contribution >= 4 is 17.6 Å². The van der Waals surface area contributed by atoms with Crippen LogP contribution in [0.1, 0.15) is 36.2 Å². The molecule has 1 fully saturated rings. The molecule has 0 bridgehead atoms. The largest absolute Gasteiger partial charge is 0.459 e. The Labute approximate surface area is 178 Å². The van der Waals surface area contributed by atoms with E-state index in [1.54, 1.807) is 24.3 Å². The highest BCUT2D eigenvalue weighted by Crippen LogP contribution is 2.12. The number of anilines is 1. The number of nitrogens with one attached hydrogen (secondary N) is 1. The van der Waals surface area contributed by atoms with Crippen LogP contribution < -0.4 is 5.32 Å². The van der Waals surface area contributed by atoms with Gasteiger partial charge in [-0.05, 0) is 63.2 Å². The van der Waals surface area contributed by atoms with Gasteiger partial charge in [0.15, 0.2) is 0 Å². The highest BCUT2D eigenvalue weighted by Gasteiger charge is 2.17. The Morgan fingerprint density at radius 2 is 1.60 bits per heavy atom. The lowest BCUT2D eigenvalue weighted by atomic mass is 10.2. The van der Waals surface area contributed by atoms with E-state index in [0.29, 0.717) is 17.8 Å². The van der Waals surface area contributed by atoms with Crippen molar-refractivity contribution in [1.82, 2.24) is 9.80 Å². The predicted molar refractivity (Wildman–Crippen MR) is 118 cm³/mol. The van der Waals surface area contributed by atoms with E-state index < -0.39 is 0 Å². The van der Waals surface area contributed by atoms with Gasteiger partial charge in [0.05, 0.1) is 18.2 Å². The van der Waals surface area contributed by atoms with Gasteiger partial charge in [0.25, 0.3) is 0 Å². The average Bonchev–Trinajstić information content (AvgIpc) is 2.94. The molecule has 0 atom stereocenters. The molecule has 1 aliphatic rings. The Balaban J connectivity index is 1.45. The molecule has 0 saturated carbocycles. The third-order valence-corrected chi connectivity index (χ3v) is 5.04. The molecule has 0 unspecified atom stereocenters. The summed E-state index contributed by atoms with van der Waals surface area (Å²) in [7, 11) is 0. The van der Waals surface area contributed by atoms with Crippen LogP contribution in [0, 0.1) is 0 Å². The zero-order valence-electron chi connectivity index (χ0n) is 17.8. The minimum atomic E-state index is -0.354. The molecule has 30 heavy (non-hydrogen) atoms. The molecule has 1 heterocycles. The van der Waals surface area contributed by atoms with Crippen LogP contribution in [0.2, 0.25) is 0 Å². The molecule has 0 aromatic heterocycles. The van der Waals surface area contributed by atoms with Crippen LogP contribution >= 0.6 is 0 Å². The van der Waals surface area contributed by atoms with E-state index in [-0.39, 0.29) is 18.0 Å². The lowest BCUT2D eigenvalue weighted by molar-refractivity contribution is -0.117. The van der Waals surface area contributed by atoms with Gasteiger partial charge in [-0.1, -0.05) is 30.3 Å². The Morgan fingerprint density at radius 3 is 2.30 bits per heavy atom. The molecule has 0 aliphatic carbocycles. The minimum Gasteiger partial charge on any atom is -0.459 e. The lowest BCUT2D eigenvalue weighted by Gasteiger charge is -2.21. The van der Waals surface area contributed by atoms with Crippen LogP contribution in [-0.2, 0) is 16.1 Å². The fourth-order valence-electron chi connectivity index (χ4n) is 3.56. The summed E-state index contributed by atoms with van der Waals surface area (Å²) in [6.45, 7) is 8.74. The summed E-state index contributed by atoms with van der Waals surface area (Å²) in [5, 5.41) is 2.92. The smallest absolute Gasteiger partial charge is 0.338 e. The van der Waals surface area contributed by atoms with Crippen molar-refractivity contribution in [1.29, 1.82) is 0 Å². The number of nitrogens with zero attached hydrogens (tertiary/aromatic N) is 2. The first-order chi connectivity index (χ1) is 14.5. The van der Waals surface area contributed by atoms with Gasteiger partial charge >= 0.3 is 5.97 Å². The van der Waals surface area contributed by atoms with Gasteiger partial charge in [0.1, 0.15) is 0 Å². The van der Waals surface area contributed by atoms with Crippen LogP contribution in [-0.4, -0.2) is 60.5 Å². The summed E-state index contributed by atoms with van der Waals surface area (Å²) in [4.78, 5) is 29.0. The van der Waals surface area contributed by atoms with E-state index in [4.69, 9.17) is 4.74 Å². The molecule has 1 saturated heterocycles. The third kappa shape index (κ3) is 6.97.